The zero-order chi connectivity index (χ0) is 13.0. The Labute approximate surface area is 115 Å². The van der Waals surface area contributed by atoms with Crippen molar-refractivity contribution in [1.82, 2.24) is 0 Å². The number of rotatable bonds is 0. The lowest BCUT2D eigenvalue weighted by molar-refractivity contribution is 0.104. The van der Waals surface area contributed by atoms with Gasteiger partial charge in [-0.2, -0.15) is 0 Å². The summed E-state index contributed by atoms with van der Waals surface area (Å²) in [5, 5.41) is 2.84. The molecular formula is C17H9ClO. The average molecular weight is 265 g/mol. The van der Waals surface area contributed by atoms with Crippen LogP contribution in [0.1, 0.15) is 15.9 Å². The first-order valence-electron chi connectivity index (χ1n) is 6.11. The molecule has 0 aromatic heterocycles. The first-order chi connectivity index (χ1) is 9.24. The third-order valence-corrected chi connectivity index (χ3v) is 3.88. The molecule has 0 saturated heterocycles. The summed E-state index contributed by atoms with van der Waals surface area (Å²) in [5.74, 6) is 0.0678. The number of hydrogen-bond acceptors (Lipinski definition) is 1. The van der Waals surface area contributed by atoms with Crippen LogP contribution in [0.25, 0.3) is 21.9 Å². The minimum atomic E-state index is 0.0678. The maximum atomic E-state index is 12.4. The molecule has 4 rings (SSSR count). The molecule has 0 heterocycles. The molecule has 0 fully saturated rings. The molecule has 0 unspecified atom stereocenters. The van der Waals surface area contributed by atoms with E-state index in [1.807, 2.05) is 36.4 Å². The van der Waals surface area contributed by atoms with Crippen molar-refractivity contribution in [2.45, 2.75) is 0 Å². The largest absolute Gasteiger partial charge is 0.289 e. The molecule has 0 saturated carbocycles. The molecule has 19 heavy (non-hydrogen) atoms. The van der Waals surface area contributed by atoms with E-state index in [9.17, 15) is 4.79 Å². The summed E-state index contributed by atoms with van der Waals surface area (Å²) in [6, 6.07) is 17.7. The van der Waals surface area contributed by atoms with E-state index < -0.39 is 0 Å². The number of benzene rings is 3. The molecule has 0 atom stereocenters. The summed E-state index contributed by atoms with van der Waals surface area (Å²) in [6.45, 7) is 0. The number of ketones is 1. The van der Waals surface area contributed by atoms with Gasteiger partial charge in [0.1, 0.15) is 0 Å². The molecule has 3 aromatic carbocycles. The maximum absolute atomic E-state index is 12.4. The molecule has 1 aliphatic rings. The Hall–Kier alpha value is -2.12. The van der Waals surface area contributed by atoms with Gasteiger partial charge in [-0.05, 0) is 46.2 Å². The molecule has 0 radical (unpaired) electrons. The Morgan fingerprint density at radius 2 is 1.32 bits per heavy atom. The van der Waals surface area contributed by atoms with Crippen molar-refractivity contribution in [3.05, 3.63) is 70.7 Å². The zero-order valence-electron chi connectivity index (χ0n) is 9.98. The number of halogens is 1. The number of hydrogen-bond donors (Lipinski definition) is 0. The number of carbonyl (C=O) groups is 1. The van der Waals surface area contributed by atoms with Crippen LogP contribution in [-0.2, 0) is 0 Å². The van der Waals surface area contributed by atoms with E-state index in [0.717, 1.165) is 27.5 Å². The standard InChI is InChI=1S/C17H9ClO/c18-12-5-6-13-14-7-10-3-1-2-4-11(10)8-15(14)17(19)16(13)9-12/h1-9H. The predicted octanol–water partition coefficient (Wildman–Crippen LogP) is 4.70. The highest BCUT2D eigenvalue weighted by Gasteiger charge is 2.27. The van der Waals surface area contributed by atoms with Crippen LogP contribution in [0.4, 0.5) is 0 Å². The third kappa shape index (κ3) is 1.45. The number of carbonyl (C=O) groups excluding carboxylic acids is 1. The Morgan fingerprint density at radius 3 is 2.05 bits per heavy atom. The van der Waals surface area contributed by atoms with Gasteiger partial charge in [0.2, 0.25) is 0 Å². The second-order valence-corrected chi connectivity index (χ2v) is 5.20. The summed E-state index contributed by atoms with van der Waals surface area (Å²) in [6.07, 6.45) is 0. The Kier molecular flexibility index (Phi) is 2.09. The minimum absolute atomic E-state index is 0.0678. The first-order valence-corrected chi connectivity index (χ1v) is 6.49. The second-order valence-electron chi connectivity index (χ2n) is 4.76. The van der Waals surface area contributed by atoms with Crippen molar-refractivity contribution >= 4 is 28.2 Å². The van der Waals surface area contributed by atoms with Gasteiger partial charge in [-0.3, -0.25) is 4.79 Å². The van der Waals surface area contributed by atoms with Gasteiger partial charge in [0.05, 0.1) is 0 Å². The molecule has 90 valence electrons. The van der Waals surface area contributed by atoms with Crippen molar-refractivity contribution in [3.8, 4) is 11.1 Å². The van der Waals surface area contributed by atoms with Crippen molar-refractivity contribution in [3.63, 3.8) is 0 Å². The van der Waals surface area contributed by atoms with Crippen molar-refractivity contribution in [1.29, 1.82) is 0 Å². The highest BCUT2D eigenvalue weighted by atomic mass is 35.5. The summed E-state index contributed by atoms with van der Waals surface area (Å²) in [5.41, 5.74) is 3.47. The van der Waals surface area contributed by atoms with Crippen LogP contribution in [0.5, 0.6) is 0 Å². The van der Waals surface area contributed by atoms with Crippen molar-refractivity contribution in [2.75, 3.05) is 0 Å². The van der Waals surface area contributed by atoms with Gasteiger partial charge in [-0.1, -0.05) is 41.9 Å². The molecule has 0 spiro atoms. The maximum Gasteiger partial charge on any atom is 0.194 e. The van der Waals surface area contributed by atoms with Gasteiger partial charge in [0.25, 0.3) is 0 Å². The van der Waals surface area contributed by atoms with Crippen LogP contribution in [0.15, 0.2) is 54.6 Å². The molecule has 1 nitrogen and oxygen atoms in total. The lowest BCUT2D eigenvalue weighted by Crippen LogP contribution is -1.94. The summed E-state index contributed by atoms with van der Waals surface area (Å²) < 4.78 is 0. The molecule has 0 bridgehead atoms. The summed E-state index contributed by atoms with van der Waals surface area (Å²) >= 11 is 5.98. The van der Waals surface area contributed by atoms with Crippen LogP contribution in [0.2, 0.25) is 5.02 Å². The first kappa shape index (κ1) is 10.8. The highest BCUT2D eigenvalue weighted by Crippen LogP contribution is 2.39. The van der Waals surface area contributed by atoms with E-state index in [1.54, 1.807) is 6.07 Å². The molecule has 2 heteroatoms. The lowest BCUT2D eigenvalue weighted by Gasteiger charge is -2.03. The summed E-state index contributed by atoms with van der Waals surface area (Å²) in [4.78, 5) is 12.4. The molecule has 0 N–H and O–H groups in total. The van der Waals surface area contributed by atoms with Gasteiger partial charge in [-0.25, -0.2) is 0 Å². The monoisotopic (exact) mass is 264 g/mol. The fourth-order valence-corrected chi connectivity index (χ4v) is 2.91. The third-order valence-electron chi connectivity index (χ3n) is 3.65. The van der Waals surface area contributed by atoms with E-state index in [2.05, 4.69) is 12.1 Å². The molecular weight excluding hydrogens is 256 g/mol. The van der Waals surface area contributed by atoms with Gasteiger partial charge in [-0.15, -0.1) is 0 Å². The normalized spacial score (nSPS) is 12.6. The van der Waals surface area contributed by atoms with E-state index in [4.69, 9.17) is 11.6 Å². The van der Waals surface area contributed by atoms with Crippen LogP contribution in [0.3, 0.4) is 0 Å². The van der Waals surface area contributed by atoms with Gasteiger partial charge in [0, 0.05) is 16.1 Å². The topological polar surface area (TPSA) is 17.1 Å². The Balaban J connectivity index is 2.10. The van der Waals surface area contributed by atoms with Crippen LogP contribution in [0, 0.1) is 0 Å². The van der Waals surface area contributed by atoms with Gasteiger partial charge >= 0.3 is 0 Å². The predicted molar refractivity (Wildman–Crippen MR) is 77.8 cm³/mol. The quantitative estimate of drug-likeness (QED) is 0.450. The SMILES string of the molecule is O=C1c2cc(Cl)ccc2-c2cc3ccccc3cc21. The Bertz CT molecular complexity index is 849. The lowest BCUT2D eigenvalue weighted by atomic mass is 10.0. The van der Waals surface area contributed by atoms with Gasteiger partial charge in [0.15, 0.2) is 5.78 Å². The smallest absolute Gasteiger partial charge is 0.194 e. The Morgan fingerprint density at radius 1 is 0.684 bits per heavy atom. The molecule has 1 aliphatic carbocycles. The van der Waals surface area contributed by atoms with E-state index in [0.29, 0.717) is 10.6 Å². The second kappa shape index (κ2) is 3.69. The fourth-order valence-electron chi connectivity index (χ4n) is 2.74. The average Bonchev–Trinajstić information content (AvgIpc) is 2.69. The van der Waals surface area contributed by atoms with E-state index >= 15 is 0 Å². The fraction of sp³-hybridized carbons (Fsp3) is 0. The zero-order valence-corrected chi connectivity index (χ0v) is 10.7. The van der Waals surface area contributed by atoms with Crippen LogP contribution < -0.4 is 0 Å². The van der Waals surface area contributed by atoms with Crippen LogP contribution >= 0.6 is 11.6 Å². The van der Waals surface area contributed by atoms with Crippen LogP contribution in [-0.4, -0.2) is 5.78 Å². The number of fused-ring (bicyclic) bond motifs is 4. The van der Waals surface area contributed by atoms with Crippen molar-refractivity contribution in [2.24, 2.45) is 0 Å². The van der Waals surface area contributed by atoms with E-state index in [-0.39, 0.29) is 5.78 Å². The minimum Gasteiger partial charge on any atom is -0.289 e. The molecule has 3 aromatic rings. The molecule has 0 amide bonds. The summed E-state index contributed by atoms with van der Waals surface area (Å²) in [7, 11) is 0. The highest BCUT2D eigenvalue weighted by molar-refractivity contribution is 6.32. The van der Waals surface area contributed by atoms with Crippen molar-refractivity contribution < 1.29 is 4.79 Å². The van der Waals surface area contributed by atoms with Gasteiger partial charge < -0.3 is 0 Å². The van der Waals surface area contributed by atoms with E-state index in [1.165, 1.54) is 0 Å². The molecule has 0 aliphatic heterocycles.